The molecule has 0 spiro atoms. The van der Waals surface area contributed by atoms with E-state index < -0.39 is 79.7 Å². The van der Waals surface area contributed by atoms with E-state index in [1.54, 1.807) is 18.7 Å². The maximum Gasteiger partial charge on any atom is 0.187 e. The Morgan fingerprint density at radius 1 is 1.03 bits per heavy atom. The second-order valence-electron chi connectivity index (χ2n) is 9.98. The number of thioether (sulfide) groups is 1. The molecule has 1 saturated heterocycles. The first-order chi connectivity index (χ1) is 17.5. The number of rotatable bonds is 14. The Labute approximate surface area is 222 Å². The zero-order valence-corrected chi connectivity index (χ0v) is 22.6. The van der Waals surface area contributed by atoms with E-state index in [2.05, 4.69) is 0 Å². The maximum atomic E-state index is 11.2. The smallest absolute Gasteiger partial charge is 0.187 e. The van der Waals surface area contributed by atoms with Crippen LogP contribution < -0.4 is 17.2 Å². The van der Waals surface area contributed by atoms with Gasteiger partial charge in [-0.15, -0.1) is 0 Å². The molecule has 0 aromatic rings. The molecule has 14 heteroatoms. The molecule has 1 heterocycles. The summed E-state index contributed by atoms with van der Waals surface area (Å²) in [5.74, 6) is 0.977. The normalized spacial score (nSPS) is 40.2. The van der Waals surface area contributed by atoms with Crippen molar-refractivity contribution in [1.29, 1.82) is 0 Å². The van der Waals surface area contributed by atoms with Crippen molar-refractivity contribution in [2.45, 2.75) is 113 Å². The van der Waals surface area contributed by atoms with Gasteiger partial charge >= 0.3 is 0 Å². The zero-order valence-electron chi connectivity index (χ0n) is 21.8. The lowest BCUT2D eigenvalue weighted by Crippen LogP contribution is -2.64. The highest BCUT2D eigenvalue weighted by Gasteiger charge is 2.49. The van der Waals surface area contributed by atoms with Gasteiger partial charge in [0.15, 0.2) is 12.6 Å². The molecule has 2 aliphatic rings. The van der Waals surface area contributed by atoms with Crippen LogP contribution in [0.4, 0.5) is 0 Å². The Morgan fingerprint density at radius 3 is 2.27 bits per heavy atom. The van der Waals surface area contributed by atoms with Gasteiger partial charge in [0, 0.05) is 24.9 Å². The summed E-state index contributed by atoms with van der Waals surface area (Å²) >= 11 is 1.57. The number of aliphatic hydroxyl groups excluding tert-OH is 6. The highest BCUT2D eigenvalue weighted by Crippen LogP contribution is 2.33. The first-order valence-electron chi connectivity index (χ1n) is 12.9. The average molecular weight is 558 g/mol. The molecule has 14 atom stereocenters. The Bertz CT molecular complexity index is 654. The summed E-state index contributed by atoms with van der Waals surface area (Å²) in [6.07, 6.45) is -13.0. The number of ether oxygens (including phenoxy) is 4. The molecule has 2 fully saturated rings. The fourth-order valence-corrected chi connectivity index (χ4v) is 5.56. The predicted octanol–water partition coefficient (Wildman–Crippen LogP) is -3.19. The van der Waals surface area contributed by atoms with E-state index in [0.717, 1.165) is 12.2 Å². The molecule has 1 aliphatic carbocycles. The standard InChI is InChI=1S/C23H47N3O10S/c1-4-5-37-9-15(13(28)7-24)34-22(11(3)27)36-21-12(26)6-10(2)20(19(21)32)35-23-18(31)17(30)16(29)14(8-25)33-23/h10-23,27-32H,4-9,24-26H2,1-3H3/t10-,11-,12+,13-,14+,15?,16+,17?,18?,19?,20?,21-,22+,23+/m0/s1. The van der Waals surface area contributed by atoms with Crippen LogP contribution in [0.25, 0.3) is 0 Å². The summed E-state index contributed by atoms with van der Waals surface area (Å²) in [7, 11) is 0. The van der Waals surface area contributed by atoms with Crippen molar-refractivity contribution in [2.75, 3.05) is 24.6 Å². The van der Waals surface area contributed by atoms with E-state index in [0.29, 0.717) is 12.2 Å². The minimum Gasteiger partial charge on any atom is -0.389 e. The van der Waals surface area contributed by atoms with E-state index >= 15 is 0 Å². The lowest BCUT2D eigenvalue weighted by atomic mass is 9.80. The number of hydrogen-bond acceptors (Lipinski definition) is 14. The highest BCUT2D eigenvalue weighted by atomic mass is 32.2. The number of nitrogens with two attached hydrogens (primary N) is 3. The van der Waals surface area contributed by atoms with Gasteiger partial charge in [-0.1, -0.05) is 13.8 Å². The van der Waals surface area contributed by atoms with E-state index in [4.69, 9.17) is 36.1 Å². The van der Waals surface area contributed by atoms with Gasteiger partial charge in [0.25, 0.3) is 0 Å². The topological polar surface area (TPSA) is 236 Å². The lowest BCUT2D eigenvalue weighted by molar-refractivity contribution is -0.329. The Morgan fingerprint density at radius 2 is 1.70 bits per heavy atom. The van der Waals surface area contributed by atoms with Crippen LogP contribution >= 0.6 is 11.8 Å². The van der Waals surface area contributed by atoms with Crippen LogP contribution in [0.15, 0.2) is 0 Å². The molecule has 5 unspecified atom stereocenters. The largest absolute Gasteiger partial charge is 0.389 e. The molecule has 0 aromatic heterocycles. The van der Waals surface area contributed by atoms with Crippen LogP contribution in [0.1, 0.15) is 33.6 Å². The Kier molecular flexibility index (Phi) is 13.9. The van der Waals surface area contributed by atoms with Gasteiger partial charge in [-0.05, 0) is 31.4 Å². The summed E-state index contributed by atoms with van der Waals surface area (Å²) < 4.78 is 23.4. The summed E-state index contributed by atoms with van der Waals surface area (Å²) in [4.78, 5) is 0. The van der Waals surface area contributed by atoms with Crippen LogP contribution in [0.2, 0.25) is 0 Å². The van der Waals surface area contributed by atoms with Crippen molar-refractivity contribution in [3.8, 4) is 0 Å². The Hall–Kier alpha value is -0.170. The highest BCUT2D eigenvalue weighted by molar-refractivity contribution is 7.99. The third kappa shape index (κ3) is 8.66. The summed E-state index contributed by atoms with van der Waals surface area (Å²) in [6.45, 7) is 5.12. The number of hydrogen-bond donors (Lipinski definition) is 9. The molecule has 2 rings (SSSR count). The molecule has 13 nitrogen and oxygen atoms in total. The minimum absolute atomic E-state index is 0.0447. The third-order valence-corrected chi connectivity index (χ3v) is 8.05. The van der Waals surface area contributed by atoms with Crippen LogP contribution in [-0.4, -0.2) is 135 Å². The predicted molar refractivity (Wildman–Crippen MR) is 136 cm³/mol. The van der Waals surface area contributed by atoms with Crippen molar-refractivity contribution in [3.05, 3.63) is 0 Å². The third-order valence-electron chi connectivity index (χ3n) is 6.79. The van der Waals surface area contributed by atoms with E-state index in [1.165, 1.54) is 6.92 Å². The van der Waals surface area contributed by atoms with Crippen LogP contribution in [0.3, 0.4) is 0 Å². The van der Waals surface area contributed by atoms with Crippen molar-refractivity contribution in [3.63, 3.8) is 0 Å². The molecule has 220 valence electrons. The van der Waals surface area contributed by atoms with Crippen LogP contribution in [-0.2, 0) is 18.9 Å². The summed E-state index contributed by atoms with van der Waals surface area (Å²) in [6, 6.07) is -0.650. The van der Waals surface area contributed by atoms with Gasteiger partial charge in [0.1, 0.15) is 42.7 Å². The van der Waals surface area contributed by atoms with Gasteiger partial charge in [-0.3, -0.25) is 0 Å². The molecule has 1 saturated carbocycles. The number of aliphatic hydroxyl groups is 6. The van der Waals surface area contributed by atoms with E-state index in [1.807, 2.05) is 6.92 Å². The van der Waals surface area contributed by atoms with Crippen molar-refractivity contribution in [1.82, 2.24) is 0 Å². The van der Waals surface area contributed by atoms with Gasteiger partial charge in [0.2, 0.25) is 0 Å². The SMILES string of the molecule is CCCSCC(O[C@H](O[C@@H]1C(O)C(O[C@H]2O[C@H](CN)[C@@H](O)C(O)C2O)[C@@H](C)C[C@H]1N)[C@H](C)O)[C@@H](O)CN. The minimum atomic E-state index is -1.58. The molecule has 0 radical (unpaired) electrons. The van der Waals surface area contributed by atoms with Gasteiger partial charge in [0.05, 0.1) is 18.3 Å². The molecule has 0 bridgehead atoms. The zero-order chi connectivity index (χ0) is 27.9. The van der Waals surface area contributed by atoms with Gasteiger partial charge in [-0.25, -0.2) is 0 Å². The van der Waals surface area contributed by atoms with E-state index in [-0.39, 0.29) is 19.0 Å². The lowest BCUT2D eigenvalue weighted by Gasteiger charge is -2.47. The fourth-order valence-electron chi connectivity index (χ4n) is 4.57. The summed E-state index contributed by atoms with van der Waals surface area (Å²) in [5.41, 5.74) is 17.5. The molecular formula is C23H47N3O10S. The quantitative estimate of drug-likeness (QED) is 0.0756. The van der Waals surface area contributed by atoms with Gasteiger partial charge < -0.3 is 66.8 Å². The molecule has 12 N–H and O–H groups in total. The van der Waals surface area contributed by atoms with Crippen molar-refractivity contribution < 1.29 is 49.6 Å². The molecular weight excluding hydrogens is 510 g/mol. The molecule has 0 amide bonds. The molecule has 0 aromatic carbocycles. The summed E-state index contributed by atoms with van der Waals surface area (Å²) in [5, 5.41) is 62.5. The fraction of sp³-hybridized carbons (Fsp3) is 1.00. The second-order valence-corrected chi connectivity index (χ2v) is 11.1. The van der Waals surface area contributed by atoms with Crippen molar-refractivity contribution in [2.24, 2.45) is 23.1 Å². The van der Waals surface area contributed by atoms with Crippen LogP contribution in [0.5, 0.6) is 0 Å². The first kappa shape index (κ1) is 33.0. The van der Waals surface area contributed by atoms with Crippen molar-refractivity contribution >= 4 is 11.8 Å². The second kappa shape index (κ2) is 15.6. The van der Waals surface area contributed by atoms with Crippen LogP contribution in [0, 0.1) is 5.92 Å². The molecule has 1 aliphatic heterocycles. The monoisotopic (exact) mass is 557 g/mol. The van der Waals surface area contributed by atoms with E-state index in [9.17, 15) is 30.6 Å². The Balaban J connectivity index is 2.15. The average Bonchev–Trinajstić information content (AvgIpc) is 2.86. The van der Waals surface area contributed by atoms with Gasteiger partial charge in [-0.2, -0.15) is 11.8 Å². The first-order valence-corrected chi connectivity index (χ1v) is 14.1. The maximum absolute atomic E-state index is 11.2. The molecule has 37 heavy (non-hydrogen) atoms.